The minimum absolute atomic E-state index is 0.110. The van der Waals surface area contributed by atoms with Gasteiger partial charge in [0.2, 0.25) is 0 Å². The molecule has 20 heavy (non-hydrogen) atoms. The summed E-state index contributed by atoms with van der Waals surface area (Å²) in [4.78, 5) is 20.6. The van der Waals surface area contributed by atoms with E-state index in [2.05, 4.69) is 26.9 Å². The molecule has 8 heteroatoms. The van der Waals surface area contributed by atoms with Crippen LogP contribution in [0.25, 0.3) is 0 Å². The van der Waals surface area contributed by atoms with E-state index in [1.165, 1.54) is 11.3 Å². The van der Waals surface area contributed by atoms with Gasteiger partial charge in [0.15, 0.2) is 0 Å². The van der Waals surface area contributed by atoms with Crippen LogP contribution in [0.1, 0.15) is 21.2 Å². The fourth-order valence-corrected chi connectivity index (χ4v) is 4.30. The molecule has 0 bridgehead atoms. The predicted octanol–water partition coefficient (Wildman–Crippen LogP) is 3.16. The van der Waals surface area contributed by atoms with E-state index in [-0.39, 0.29) is 5.91 Å². The van der Waals surface area contributed by atoms with Crippen molar-refractivity contribution in [3.63, 3.8) is 0 Å². The normalized spacial score (nSPS) is 10.7. The van der Waals surface area contributed by atoms with Gasteiger partial charge in [-0.25, -0.2) is 9.97 Å². The topological polar surface area (TPSA) is 54.9 Å². The molecule has 0 saturated heterocycles. The summed E-state index contributed by atoms with van der Waals surface area (Å²) in [6, 6.07) is 0. The van der Waals surface area contributed by atoms with Crippen LogP contribution in [0.15, 0.2) is 15.1 Å². The molecule has 2 aromatic heterocycles. The van der Waals surface area contributed by atoms with Crippen molar-refractivity contribution in [2.24, 2.45) is 0 Å². The first kappa shape index (κ1) is 15.8. The maximum absolute atomic E-state index is 11.9. The van der Waals surface area contributed by atoms with E-state index in [1.807, 2.05) is 6.26 Å². The average molecular weight is 346 g/mol. The lowest BCUT2D eigenvalue weighted by Crippen LogP contribution is -2.26. The van der Waals surface area contributed by atoms with Crippen LogP contribution in [0.4, 0.5) is 0 Å². The van der Waals surface area contributed by atoms with Crippen LogP contribution in [0.3, 0.4) is 0 Å². The van der Waals surface area contributed by atoms with Crippen molar-refractivity contribution in [1.82, 2.24) is 15.3 Å². The molecule has 0 unspecified atom stereocenters. The molecule has 0 aliphatic carbocycles. The number of thioether (sulfide) groups is 2. The van der Waals surface area contributed by atoms with E-state index < -0.39 is 0 Å². The zero-order valence-corrected chi connectivity index (χ0v) is 14.5. The van der Waals surface area contributed by atoms with Crippen LogP contribution in [0.5, 0.6) is 0 Å². The SMILES string of the molecule is CSCc1nc(CCNC(=O)c2csc(SC)n2)cs1. The lowest BCUT2D eigenvalue weighted by Gasteiger charge is -2.01. The molecule has 0 fully saturated rings. The Morgan fingerprint density at radius 3 is 2.85 bits per heavy atom. The third kappa shape index (κ3) is 4.47. The fraction of sp³-hybridized carbons (Fsp3) is 0.417. The number of carbonyl (C=O) groups is 1. The smallest absolute Gasteiger partial charge is 0.270 e. The Bertz CT molecular complexity index is 567. The van der Waals surface area contributed by atoms with Crippen LogP contribution in [-0.4, -0.2) is 34.9 Å². The molecule has 0 spiro atoms. The number of nitrogens with one attached hydrogen (secondary N) is 1. The third-order valence-electron chi connectivity index (χ3n) is 2.42. The van der Waals surface area contributed by atoms with E-state index in [9.17, 15) is 4.79 Å². The third-order valence-corrected chi connectivity index (χ3v) is 5.93. The van der Waals surface area contributed by atoms with E-state index in [0.717, 1.165) is 27.2 Å². The summed E-state index contributed by atoms with van der Waals surface area (Å²) in [5.41, 5.74) is 1.54. The average Bonchev–Trinajstić information content (AvgIpc) is 3.08. The highest BCUT2D eigenvalue weighted by molar-refractivity contribution is 8.00. The van der Waals surface area contributed by atoms with Crippen LogP contribution >= 0.6 is 46.2 Å². The highest BCUT2D eigenvalue weighted by Crippen LogP contribution is 2.19. The number of rotatable bonds is 7. The number of hydrogen-bond donors (Lipinski definition) is 1. The maximum Gasteiger partial charge on any atom is 0.270 e. The molecule has 0 aliphatic rings. The van der Waals surface area contributed by atoms with Gasteiger partial charge in [-0.3, -0.25) is 4.79 Å². The van der Waals surface area contributed by atoms with Crippen LogP contribution in [0, 0.1) is 0 Å². The first-order valence-electron chi connectivity index (χ1n) is 5.93. The summed E-state index contributed by atoms with van der Waals surface area (Å²) in [5.74, 6) is 0.842. The van der Waals surface area contributed by atoms with Crippen LogP contribution < -0.4 is 5.32 Å². The lowest BCUT2D eigenvalue weighted by atomic mass is 10.3. The van der Waals surface area contributed by atoms with Crippen molar-refractivity contribution in [3.05, 3.63) is 27.2 Å². The Labute approximate surface area is 134 Å². The van der Waals surface area contributed by atoms with Gasteiger partial charge >= 0.3 is 0 Å². The number of thiazole rings is 2. The Hall–Kier alpha value is -0.570. The summed E-state index contributed by atoms with van der Waals surface area (Å²) >= 11 is 6.49. The van der Waals surface area contributed by atoms with Gasteiger partial charge in [0.05, 0.1) is 5.69 Å². The van der Waals surface area contributed by atoms with Gasteiger partial charge in [-0.2, -0.15) is 11.8 Å². The Morgan fingerprint density at radius 1 is 1.30 bits per heavy atom. The molecule has 4 nitrogen and oxygen atoms in total. The molecule has 0 atom stereocenters. The molecule has 2 rings (SSSR count). The van der Waals surface area contributed by atoms with Gasteiger partial charge < -0.3 is 5.32 Å². The van der Waals surface area contributed by atoms with Crippen molar-refractivity contribution < 1.29 is 4.79 Å². The second-order valence-electron chi connectivity index (χ2n) is 3.87. The van der Waals surface area contributed by atoms with Gasteiger partial charge in [0.1, 0.15) is 15.0 Å². The number of carbonyl (C=O) groups excluding carboxylic acids is 1. The van der Waals surface area contributed by atoms with E-state index in [0.29, 0.717) is 12.2 Å². The summed E-state index contributed by atoms with van der Waals surface area (Å²) in [6.07, 6.45) is 4.78. The predicted molar refractivity (Wildman–Crippen MR) is 89.3 cm³/mol. The molecule has 0 saturated carbocycles. The first-order valence-corrected chi connectivity index (χ1v) is 10.3. The van der Waals surface area contributed by atoms with Crippen molar-refractivity contribution in [3.8, 4) is 0 Å². The molecule has 108 valence electrons. The highest BCUT2D eigenvalue weighted by Gasteiger charge is 2.10. The van der Waals surface area contributed by atoms with E-state index >= 15 is 0 Å². The maximum atomic E-state index is 11.9. The molecule has 2 heterocycles. The quantitative estimate of drug-likeness (QED) is 0.781. The minimum atomic E-state index is -0.110. The molecule has 1 N–H and O–H groups in total. The van der Waals surface area contributed by atoms with Crippen molar-refractivity contribution in [2.45, 2.75) is 16.5 Å². The van der Waals surface area contributed by atoms with Gasteiger partial charge in [-0.15, -0.1) is 22.7 Å². The summed E-state index contributed by atoms with van der Waals surface area (Å²) in [7, 11) is 0. The standard InChI is InChI=1S/C12H15N3OS4/c1-17-7-10-14-8(5-19-10)3-4-13-11(16)9-6-20-12(15-9)18-2/h5-6H,3-4,7H2,1-2H3,(H,13,16). The van der Waals surface area contributed by atoms with Gasteiger partial charge in [0, 0.05) is 29.5 Å². The number of hydrogen-bond acceptors (Lipinski definition) is 7. The summed E-state index contributed by atoms with van der Waals surface area (Å²) in [6.45, 7) is 0.591. The van der Waals surface area contributed by atoms with Gasteiger partial charge in [-0.1, -0.05) is 11.8 Å². The Morgan fingerprint density at radius 2 is 2.15 bits per heavy atom. The largest absolute Gasteiger partial charge is 0.350 e. The molecule has 1 amide bonds. The van der Waals surface area contributed by atoms with Crippen molar-refractivity contribution in [1.29, 1.82) is 0 Å². The molecular weight excluding hydrogens is 330 g/mol. The molecule has 2 aromatic rings. The summed E-state index contributed by atoms with van der Waals surface area (Å²) in [5, 5.41) is 7.88. The Balaban J connectivity index is 1.78. The zero-order valence-electron chi connectivity index (χ0n) is 11.2. The van der Waals surface area contributed by atoms with E-state index in [1.54, 1.807) is 40.2 Å². The fourth-order valence-electron chi connectivity index (χ4n) is 1.50. The van der Waals surface area contributed by atoms with Gasteiger partial charge in [-0.05, 0) is 12.5 Å². The van der Waals surface area contributed by atoms with Crippen molar-refractivity contribution >= 4 is 52.1 Å². The van der Waals surface area contributed by atoms with Gasteiger partial charge in [0.25, 0.3) is 5.91 Å². The number of amides is 1. The van der Waals surface area contributed by atoms with Crippen LogP contribution in [0.2, 0.25) is 0 Å². The first-order chi connectivity index (χ1) is 9.72. The molecular formula is C12H15N3OS4. The zero-order chi connectivity index (χ0) is 14.4. The molecule has 0 aliphatic heterocycles. The number of nitrogens with zero attached hydrogens (tertiary/aromatic N) is 2. The minimum Gasteiger partial charge on any atom is -0.350 e. The second kappa shape index (κ2) is 8.02. The molecule has 0 aromatic carbocycles. The van der Waals surface area contributed by atoms with Crippen LogP contribution in [-0.2, 0) is 12.2 Å². The monoisotopic (exact) mass is 345 g/mol. The second-order valence-corrected chi connectivity index (χ2v) is 7.59. The number of aromatic nitrogens is 2. The van der Waals surface area contributed by atoms with Crippen molar-refractivity contribution in [2.75, 3.05) is 19.1 Å². The van der Waals surface area contributed by atoms with E-state index in [4.69, 9.17) is 0 Å². The Kier molecular flexibility index (Phi) is 6.34. The highest BCUT2D eigenvalue weighted by atomic mass is 32.2. The molecule has 0 radical (unpaired) electrons. The summed E-state index contributed by atoms with van der Waals surface area (Å²) < 4.78 is 0.913. The lowest BCUT2D eigenvalue weighted by molar-refractivity contribution is 0.0949.